The average Bonchev–Trinajstić information content (AvgIpc) is 3.18. The van der Waals surface area contributed by atoms with Crippen LogP contribution in [-0.2, 0) is 6.54 Å². The standard InChI is InChI=1S/C25H32N4O.C2H6/c1-18(26)20-6-4-19(5-7-20)16-29-15-11-23-22(8-12-27-24(23)29)21-9-13-28(14-10-21)17-25(2,3)30;1-2/h4-8,11-12,15,21,30H,1,9-10,13-14,16-17,26H2,2-3H3;1-2H3. The zero-order valence-electron chi connectivity index (χ0n) is 20.0. The Labute approximate surface area is 192 Å². The fourth-order valence-electron chi connectivity index (χ4n) is 4.57. The van der Waals surface area contributed by atoms with Crippen LogP contribution in [0.2, 0.25) is 0 Å². The van der Waals surface area contributed by atoms with Crippen LogP contribution >= 0.6 is 0 Å². The van der Waals surface area contributed by atoms with Crippen LogP contribution in [0, 0.1) is 0 Å². The molecule has 0 atom stereocenters. The lowest BCUT2D eigenvalue weighted by Crippen LogP contribution is -2.42. The van der Waals surface area contributed by atoms with Gasteiger partial charge in [0.05, 0.1) is 5.60 Å². The molecular weight excluding hydrogens is 396 g/mol. The molecule has 2 aromatic heterocycles. The predicted molar refractivity (Wildman–Crippen MR) is 135 cm³/mol. The molecule has 1 saturated heterocycles. The Kier molecular flexibility index (Phi) is 7.75. The Morgan fingerprint density at radius 2 is 1.78 bits per heavy atom. The van der Waals surface area contributed by atoms with Crippen LogP contribution < -0.4 is 5.73 Å². The number of pyridine rings is 1. The quantitative estimate of drug-likeness (QED) is 0.573. The molecular formula is C27H38N4O. The average molecular weight is 435 g/mol. The lowest BCUT2D eigenvalue weighted by Gasteiger charge is -2.35. The highest BCUT2D eigenvalue weighted by Gasteiger charge is 2.26. The van der Waals surface area contributed by atoms with E-state index in [1.807, 2.05) is 46.0 Å². The third-order valence-corrected chi connectivity index (χ3v) is 6.01. The fourth-order valence-corrected chi connectivity index (χ4v) is 4.57. The van der Waals surface area contributed by atoms with E-state index in [-0.39, 0.29) is 0 Å². The van der Waals surface area contributed by atoms with Crippen molar-refractivity contribution in [1.29, 1.82) is 0 Å². The first-order valence-corrected chi connectivity index (χ1v) is 11.7. The number of benzene rings is 1. The van der Waals surface area contributed by atoms with Gasteiger partial charge in [-0.05, 0) is 74.5 Å². The van der Waals surface area contributed by atoms with Crippen molar-refractivity contribution < 1.29 is 5.11 Å². The number of likely N-dealkylation sites (tertiary alicyclic amines) is 1. The number of aliphatic hydroxyl groups is 1. The van der Waals surface area contributed by atoms with Crippen molar-refractivity contribution in [2.75, 3.05) is 19.6 Å². The fraction of sp³-hybridized carbons (Fsp3) is 0.444. The zero-order valence-corrected chi connectivity index (χ0v) is 20.0. The van der Waals surface area contributed by atoms with E-state index in [1.54, 1.807) is 0 Å². The normalized spacial score (nSPS) is 15.4. The van der Waals surface area contributed by atoms with Crippen molar-refractivity contribution in [3.63, 3.8) is 0 Å². The number of nitrogens with two attached hydrogens (primary N) is 1. The van der Waals surface area contributed by atoms with Gasteiger partial charge in [0.1, 0.15) is 5.65 Å². The zero-order chi connectivity index (χ0) is 23.3. The maximum atomic E-state index is 10.1. The number of nitrogens with zero attached hydrogens (tertiary/aromatic N) is 3. The SMILES string of the molecule is C=C(N)c1ccc(Cn2ccc3c(C4CCN(CC(C)(C)O)CC4)ccnc32)cc1.CC. The summed E-state index contributed by atoms with van der Waals surface area (Å²) in [5, 5.41) is 11.4. The molecule has 5 nitrogen and oxygen atoms in total. The van der Waals surface area contributed by atoms with Crippen LogP contribution in [0.4, 0.5) is 0 Å². The van der Waals surface area contributed by atoms with Crippen molar-refractivity contribution in [3.05, 3.63) is 72.1 Å². The molecule has 32 heavy (non-hydrogen) atoms. The number of rotatable bonds is 6. The van der Waals surface area contributed by atoms with Gasteiger partial charge in [0.25, 0.3) is 0 Å². The van der Waals surface area contributed by atoms with E-state index < -0.39 is 5.60 Å². The minimum absolute atomic E-state index is 0.541. The highest BCUT2D eigenvalue weighted by molar-refractivity contribution is 5.80. The Bertz CT molecular complexity index is 1020. The van der Waals surface area contributed by atoms with Gasteiger partial charge in [-0.3, -0.25) is 0 Å². The maximum absolute atomic E-state index is 10.1. The first kappa shape index (κ1) is 24.0. The summed E-state index contributed by atoms with van der Waals surface area (Å²) in [5.74, 6) is 0.541. The van der Waals surface area contributed by atoms with E-state index in [0.717, 1.165) is 50.2 Å². The van der Waals surface area contributed by atoms with Crippen molar-refractivity contribution in [1.82, 2.24) is 14.5 Å². The maximum Gasteiger partial charge on any atom is 0.140 e. The lowest BCUT2D eigenvalue weighted by molar-refractivity contribution is 0.0282. The minimum Gasteiger partial charge on any atom is -0.399 e. The molecule has 5 heteroatoms. The minimum atomic E-state index is -0.635. The highest BCUT2D eigenvalue weighted by atomic mass is 16.3. The molecule has 1 aliphatic heterocycles. The van der Waals surface area contributed by atoms with Gasteiger partial charge < -0.3 is 20.3 Å². The van der Waals surface area contributed by atoms with Gasteiger partial charge >= 0.3 is 0 Å². The first-order chi connectivity index (χ1) is 15.3. The van der Waals surface area contributed by atoms with Gasteiger partial charge in [-0.2, -0.15) is 0 Å². The molecule has 0 amide bonds. The largest absolute Gasteiger partial charge is 0.399 e. The molecule has 3 N–H and O–H groups in total. The first-order valence-electron chi connectivity index (χ1n) is 11.7. The molecule has 1 fully saturated rings. The van der Waals surface area contributed by atoms with Crippen LogP contribution in [0.5, 0.6) is 0 Å². The summed E-state index contributed by atoms with van der Waals surface area (Å²) >= 11 is 0. The molecule has 4 rings (SSSR count). The van der Waals surface area contributed by atoms with Gasteiger partial charge in [0.2, 0.25) is 0 Å². The molecule has 0 aliphatic carbocycles. The number of β-amino-alcohol motifs (C(OH)–C–C–N with tert-alkyl or cyclic N) is 1. The third-order valence-electron chi connectivity index (χ3n) is 6.01. The van der Waals surface area contributed by atoms with E-state index in [4.69, 9.17) is 5.73 Å². The van der Waals surface area contributed by atoms with E-state index >= 15 is 0 Å². The number of hydrogen-bond donors (Lipinski definition) is 2. The second-order valence-electron chi connectivity index (χ2n) is 9.17. The Morgan fingerprint density at radius 1 is 1.12 bits per heavy atom. The van der Waals surface area contributed by atoms with Gasteiger partial charge in [-0.15, -0.1) is 0 Å². The molecule has 1 aliphatic rings. The molecule has 3 aromatic rings. The summed E-state index contributed by atoms with van der Waals surface area (Å²) in [7, 11) is 0. The monoisotopic (exact) mass is 434 g/mol. The smallest absolute Gasteiger partial charge is 0.140 e. The number of piperidine rings is 1. The van der Waals surface area contributed by atoms with E-state index in [1.165, 1.54) is 16.5 Å². The Hall–Kier alpha value is -2.63. The summed E-state index contributed by atoms with van der Waals surface area (Å²) < 4.78 is 2.22. The topological polar surface area (TPSA) is 67.3 Å². The molecule has 0 radical (unpaired) electrons. The molecule has 172 valence electrons. The number of fused-ring (bicyclic) bond motifs is 1. The Balaban J connectivity index is 0.00000141. The molecule has 0 unspecified atom stereocenters. The molecule has 0 saturated carbocycles. The number of aromatic nitrogens is 2. The summed E-state index contributed by atoms with van der Waals surface area (Å²) in [6.45, 7) is 15.1. The summed E-state index contributed by atoms with van der Waals surface area (Å²) in [6.07, 6.45) is 6.31. The van der Waals surface area contributed by atoms with Crippen LogP contribution in [0.1, 0.15) is 63.1 Å². The van der Waals surface area contributed by atoms with Crippen LogP contribution in [0.3, 0.4) is 0 Å². The summed E-state index contributed by atoms with van der Waals surface area (Å²) in [4.78, 5) is 7.06. The second kappa shape index (κ2) is 10.3. The van der Waals surface area contributed by atoms with E-state index in [9.17, 15) is 5.11 Å². The van der Waals surface area contributed by atoms with Gasteiger partial charge in [-0.25, -0.2) is 4.98 Å². The lowest BCUT2D eigenvalue weighted by atomic mass is 9.88. The predicted octanol–water partition coefficient (Wildman–Crippen LogP) is 4.99. The third kappa shape index (κ3) is 5.78. The van der Waals surface area contributed by atoms with Crippen molar-refractivity contribution in [3.8, 4) is 0 Å². The molecule has 0 bridgehead atoms. The van der Waals surface area contributed by atoms with Crippen molar-refractivity contribution in [2.24, 2.45) is 5.73 Å². The molecule has 0 spiro atoms. The van der Waals surface area contributed by atoms with Crippen molar-refractivity contribution in [2.45, 2.75) is 58.6 Å². The summed E-state index contributed by atoms with van der Waals surface area (Å²) in [5.41, 5.74) is 10.3. The van der Waals surface area contributed by atoms with E-state index in [2.05, 4.69) is 51.5 Å². The molecule has 1 aromatic carbocycles. The number of hydrogen-bond acceptors (Lipinski definition) is 4. The van der Waals surface area contributed by atoms with Crippen molar-refractivity contribution >= 4 is 16.7 Å². The van der Waals surface area contributed by atoms with Gasteiger partial charge in [0, 0.05) is 36.6 Å². The van der Waals surface area contributed by atoms with Gasteiger partial charge in [-0.1, -0.05) is 44.7 Å². The molecule has 3 heterocycles. The Morgan fingerprint density at radius 3 is 2.38 bits per heavy atom. The second-order valence-corrected chi connectivity index (χ2v) is 9.17. The van der Waals surface area contributed by atoms with Crippen LogP contribution in [0.25, 0.3) is 16.7 Å². The highest BCUT2D eigenvalue weighted by Crippen LogP contribution is 2.33. The summed E-state index contributed by atoms with van der Waals surface area (Å²) in [6, 6.07) is 12.6. The van der Waals surface area contributed by atoms with Crippen LogP contribution in [-0.4, -0.2) is 44.8 Å². The van der Waals surface area contributed by atoms with Gasteiger partial charge in [0.15, 0.2) is 0 Å². The van der Waals surface area contributed by atoms with Crippen LogP contribution in [0.15, 0.2) is 55.4 Å². The van der Waals surface area contributed by atoms with E-state index in [0.29, 0.717) is 11.6 Å².